The van der Waals surface area contributed by atoms with Gasteiger partial charge >= 0.3 is 0 Å². The SMILES string of the molecule is COc1ccc2[nH]c(C)c(C3=C(Cl)C(=O)C(c4c(-c5ccc(C)cc5)[nH]c5ccccc45)=C(Cl)C3=O)c2c1. The highest BCUT2D eigenvalue weighted by Gasteiger charge is 2.38. The van der Waals surface area contributed by atoms with Crippen molar-refractivity contribution in [1.29, 1.82) is 0 Å². The summed E-state index contributed by atoms with van der Waals surface area (Å²) in [5.74, 6) is -0.382. The zero-order chi connectivity index (χ0) is 26.7. The number of ketones is 2. The number of aromatic amines is 2. The Bertz CT molecular complexity index is 1870. The van der Waals surface area contributed by atoms with E-state index in [1.807, 2.05) is 80.6 Å². The molecule has 0 radical (unpaired) electrons. The molecule has 38 heavy (non-hydrogen) atoms. The first-order valence-electron chi connectivity index (χ1n) is 12.0. The molecule has 6 rings (SSSR count). The van der Waals surface area contributed by atoms with Gasteiger partial charge in [0, 0.05) is 38.6 Å². The maximum absolute atomic E-state index is 14.0. The van der Waals surface area contributed by atoms with Crippen LogP contribution in [0.4, 0.5) is 0 Å². The van der Waals surface area contributed by atoms with Crippen molar-refractivity contribution in [3.63, 3.8) is 0 Å². The van der Waals surface area contributed by atoms with Crippen LogP contribution in [0.1, 0.15) is 22.4 Å². The number of rotatable bonds is 4. The van der Waals surface area contributed by atoms with Gasteiger partial charge in [-0.15, -0.1) is 0 Å². The highest BCUT2D eigenvalue weighted by molar-refractivity contribution is 6.69. The first kappa shape index (κ1) is 24.3. The zero-order valence-electron chi connectivity index (χ0n) is 20.8. The number of halogens is 2. The number of carbonyl (C=O) groups is 2. The molecule has 0 amide bonds. The number of para-hydroxylation sites is 1. The van der Waals surface area contributed by atoms with Gasteiger partial charge in [0.25, 0.3) is 0 Å². The predicted molar refractivity (Wildman–Crippen MR) is 154 cm³/mol. The maximum Gasteiger partial charge on any atom is 0.207 e. The number of fused-ring (bicyclic) bond motifs is 2. The molecule has 0 bridgehead atoms. The summed E-state index contributed by atoms with van der Waals surface area (Å²) in [6.45, 7) is 3.84. The number of Topliss-reactive ketones (excluding diaryl/α,β-unsaturated/α-hetero) is 2. The van der Waals surface area contributed by atoms with Crippen LogP contribution >= 0.6 is 23.2 Å². The van der Waals surface area contributed by atoms with Crippen molar-refractivity contribution in [2.45, 2.75) is 13.8 Å². The van der Waals surface area contributed by atoms with Crippen LogP contribution in [0.3, 0.4) is 0 Å². The lowest BCUT2D eigenvalue weighted by molar-refractivity contribution is -0.113. The number of aromatic nitrogens is 2. The Morgan fingerprint density at radius 1 is 0.711 bits per heavy atom. The average Bonchev–Trinajstić information content (AvgIpc) is 3.45. The van der Waals surface area contributed by atoms with Crippen molar-refractivity contribution in [3.05, 3.63) is 99.2 Å². The molecule has 1 aliphatic carbocycles. The van der Waals surface area contributed by atoms with Crippen molar-refractivity contribution in [2.75, 3.05) is 7.11 Å². The zero-order valence-corrected chi connectivity index (χ0v) is 22.3. The van der Waals surface area contributed by atoms with Crippen LogP contribution in [0, 0.1) is 13.8 Å². The summed E-state index contributed by atoms with van der Waals surface area (Å²) in [5, 5.41) is 1.17. The second-order valence-electron chi connectivity index (χ2n) is 9.36. The Kier molecular flexibility index (Phi) is 5.78. The van der Waals surface area contributed by atoms with Gasteiger partial charge in [0.05, 0.1) is 23.9 Å². The van der Waals surface area contributed by atoms with E-state index in [2.05, 4.69) is 9.97 Å². The third kappa shape index (κ3) is 3.62. The van der Waals surface area contributed by atoms with E-state index in [1.54, 1.807) is 7.11 Å². The Labute approximate surface area is 228 Å². The summed E-state index contributed by atoms with van der Waals surface area (Å²) in [4.78, 5) is 34.6. The number of hydrogen-bond donors (Lipinski definition) is 2. The molecule has 0 aliphatic heterocycles. The molecule has 2 heterocycles. The first-order valence-corrected chi connectivity index (χ1v) is 12.8. The van der Waals surface area contributed by atoms with Gasteiger partial charge in [-0.1, -0.05) is 71.2 Å². The second-order valence-corrected chi connectivity index (χ2v) is 10.1. The number of H-pyrrole nitrogens is 2. The quantitative estimate of drug-likeness (QED) is 0.229. The number of allylic oxidation sites excluding steroid dienone is 4. The number of methoxy groups -OCH3 is 1. The molecule has 0 unspecified atom stereocenters. The lowest BCUT2D eigenvalue weighted by atomic mass is 9.85. The second kappa shape index (κ2) is 9.05. The van der Waals surface area contributed by atoms with Gasteiger partial charge in [-0.25, -0.2) is 0 Å². The Hall–Kier alpha value is -4.06. The monoisotopic (exact) mass is 540 g/mol. The van der Waals surface area contributed by atoms with E-state index in [0.717, 1.165) is 32.9 Å². The summed E-state index contributed by atoms with van der Waals surface area (Å²) in [5.41, 5.74) is 6.25. The summed E-state index contributed by atoms with van der Waals surface area (Å²) < 4.78 is 5.39. The van der Waals surface area contributed by atoms with Crippen molar-refractivity contribution < 1.29 is 14.3 Å². The van der Waals surface area contributed by atoms with Crippen LogP contribution in [-0.2, 0) is 9.59 Å². The molecular weight excluding hydrogens is 519 g/mol. The van der Waals surface area contributed by atoms with Crippen LogP contribution < -0.4 is 4.74 Å². The number of aryl methyl sites for hydroxylation is 2. The number of carbonyl (C=O) groups excluding carboxylic acids is 2. The third-order valence-corrected chi connectivity index (χ3v) is 7.75. The predicted octanol–water partition coefficient (Wildman–Crippen LogP) is 7.69. The van der Waals surface area contributed by atoms with Gasteiger partial charge < -0.3 is 14.7 Å². The fourth-order valence-electron chi connectivity index (χ4n) is 5.19. The molecule has 1 aliphatic rings. The van der Waals surface area contributed by atoms with Gasteiger partial charge in [-0.05, 0) is 43.7 Å². The largest absolute Gasteiger partial charge is 0.497 e. The summed E-state index contributed by atoms with van der Waals surface area (Å²) in [6, 6.07) is 21.0. The Morgan fingerprint density at radius 3 is 2.03 bits per heavy atom. The minimum atomic E-state index is -0.502. The molecule has 0 saturated carbocycles. The molecular formula is C31H22Cl2N2O3. The number of nitrogens with one attached hydrogen (secondary N) is 2. The first-order chi connectivity index (χ1) is 18.3. The minimum absolute atomic E-state index is 0.0825. The lowest BCUT2D eigenvalue weighted by Crippen LogP contribution is -2.19. The number of ether oxygens (including phenoxy) is 1. The Morgan fingerprint density at radius 2 is 1.34 bits per heavy atom. The van der Waals surface area contributed by atoms with Crippen molar-refractivity contribution in [3.8, 4) is 17.0 Å². The molecule has 5 aromatic rings. The van der Waals surface area contributed by atoms with Gasteiger partial charge in [0.15, 0.2) is 0 Å². The van der Waals surface area contributed by atoms with Crippen molar-refractivity contribution in [1.82, 2.24) is 9.97 Å². The molecule has 7 heteroatoms. The summed E-state index contributed by atoms with van der Waals surface area (Å²) in [6.07, 6.45) is 0. The van der Waals surface area contributed by atoms with Crippen LogP contribution in [0.25, 0.3) is 44.2 Å². The molecule has 0 atom stereocenters. The highest BCUT2D eigenvalue weighted by Crippen LogP contribution is 2.46. The van der Waals surface area contributed by atoms with Crippen molar-refractivity contribution in [2.24, 2.45) is 0 Å². The molecule has 188 valence electrons. The van der Waals surface area contributed by atoms with Crippen LogP contribution in [0.15, 0.2) is 76.8 Å². The topological polar surface area (TPSA) is 75.0 Å². The van der Waals surface area contributed by atoms with Crippen LogP contribution in [-0.4, -0.2) is 28.6 Å². The smallest absolute Gasteiger partial charge is 0.207 e. The molecule has 2 N–H and O–H groups in total. The van der Waals surface area contributed by atoms with E-state index in [9.17, 15) is 9.59 Å². The van der Waals surface area contributed by atoms with Gasteiger partial charge in [-0.3, -0.25) is 9.59 Å². The van der Waals surface area contributed by atoms with Crippen LogP contribution in [0.5, 0.6) is 5.75 Å². The molecule has 5 nitrogen and oxygen atoms in total. The standard InChI is InChI=1S/C31H22Cl2N2O3/c1-15-8-10-17(11-9-15)29-24(19-6-4-5-7-21(19)35-29)26-28(33)30(36)25(27(32)31(26)37)23-16(2)34-22-13-12-18(38-3)14-20(22)23/h4-14,34-35H,1-3H3. The van der Waals surface area contributed by atoms with Crippen molar-refractivity contribution >= 4 is 67.7 Å². The fraction of sp³-hybridized carbons (Fsp3) is 0.0968. The number of benzene rings is 3. The van der Waals surface area contributed by atoms with E-state index in [-0.39, 0.29) is 21.2 Å². The van der Waals surface area contributed by atoms with Gasteiger partial charge in [0.1, 0.15) is 15.8 Å². The van der Waals surface area contributed by atoms with Gasteiger partial charge in [-0.2, -0.15) is 0 Å². The molecule has 0 spiro atoms. The molecule has 0 saturated heterocycles. The summed E-state index contributed by atoms with van der Waals surface area (Å²) >= 11 is 13.6. The molecule has 2 aromatic heterocycles. The molecule has 0 fully saturated rings. The van der Waals surface area contributed by atoms with E-state index in [1.165, 1.54) is 0 Å². The normalized spacial score (nSPS) is 14.3. The minimum Gasteiger partial charge on any atom is -0.497 e. The highest BCUT2D eigenvalue weighted by atomic mass is 35.5. The van der Waals surface area contributed by atoms with E-state index in [0.29, 0.717) is 28.3 Å². The lowest BCUT2D eigenvalue weighted by Gasteiger charge is -2.20. The molecule has 3 aromatic carbocycles. The van der Waals surface area contributed by atoms with Crippen LogP contribution in [0.2, 0.25) is 0 Å². The third-order valence-electron chi connectivity index (χ3n) is 7.03. The maximum atomic E-state index is 14.0. The van der Waals surface area contributed by atoms with E-state index in [4.69, 9.17) is 27.9 Å². The Balaban J connectivity index is 1.59. The van der Waals surface area contributed by atoms with E-state index >= 15 is 0 Å². The average molecular weight is 541 g/mol. The van der Waals surface area contributed by atoms with Gasteiger partial charge in [0.2, 0.25) is 11.6 Å². The van der Waals surface area contributed by atoms with E-state index < -0.39 is 11.6 Å². The summed E-state index contributed by atoms with van der Waals surface area (Å²) in [7, 11) is 1.57. The number of hydrogen-bond acceptors (Lipinski definition) is 3. The fourth-order valence-corrected chi connectivity index (χ4v) is 5.74.